The van der Waals surface area contributed by atoms with E-state index in [2.05, 4.69) is 10.6 Å². The van der Waals surface area contributed by atoms with Gasteiger partial charge in [-0.25, -0.2) is 4.79 Å². The number of carboxylic acid groups (broad SMARTS) is 1. The third-order valence-electron chi connectivity index (χ3n) is 3.52. The molecule has 0 saturated carbocycles. The van der Waals surface area contributed by atoms with E-state index in [9.17, 15) is 14.7 Å². The maximum atomic E-state index is 12.3. The molecule has 2 aromatic rings. The Morgan fingerprint density at radius 3 is 2.27 bits per heavy atom. The fourth-order valence-electron chi connectivity index (χ4n) is 2.37. The van der Waals surface area contributed by atoms with Gasteiger partial charge in [-0.05, 0) is 39.3 Å². The van der Waals surface area contributed by atoms with E-state index in [0.29, 0.717) is 11.4 Å². The van der Waals surface area contributed by atoms with Gasteiger partial charge in [0, 0.05) is 5.56 Å². The highest BCUT2D eigenvalue weighted by molar-refractivity contribution is 5.98. The van der Waals surface area contributed by atoms with Crippen LogP contribution in [0, 0.1) is 0 Å². The van der Waals surface area contributed by atoms with Gasteiger partial charge in [0.1, 0.15) is 11.6 Å². The number of ether oxygens (including phenoxy) is 1. The van der Waals surface area contributed by atoms with Crippen LogP contribution in [0.4, 0.5) is 16.2 Å². The van der Waals surface area contributed by atoms with Gasteiger partial charge in [0.05, 0.1) is 11.4 Å². The van der Waals surface area contributed by atoms with Gasteiger partial charge < -0.3 is 15.2 Å². The molecule has 0 aliphatic rings. The molecule has 0 bridgehead atoms. The number of aliphatic carboxylic acids is 1. The van der Waals surface area contributed by atoms with Gasteiger partial charge in [-0.3, -0.25) is 10.1 Å². The molecule has 6 heteroatoms. The number of hydrogen-bond donors (Lipinski definition) is 3. The Hall–Kier alpha value is -3.02. The third-order valence-corrected chi connectivity index (χ3v) is 3.52. The Labute approximate surface area is 153 Å². The van der Waals surface area contributed by atoms with Crippen LogP contribution in [0.25, 0.3) is 11.1 Å². The molecule has 0 aliphatic heterocycles. The lowest BCUT2D eigenvalue weighted by Crippen LogP contribution is -2.29. The number of carboxylic acids is 1. The Balaban J connectivity index is 2.45. The topological polar surface area (TPSA) is 87.7 Å². The molecule has 2 aromatic carbocycles. The van der Waals surface area contributed by atoms with Gasteiger partial charge in [0.25, 0.3) is 0 Å². The minimum absolute atomic E-state index is 0.473. The van der Waals surface area contributed by atoms with Gasteiger partial charge in [0.15, 0.2) is 0 Å². The van der Waals surface area contributed by atoms with Crippen molar-refractivity contribution in [3.05, 3.63) is 48.5 Å². The fourth-order valence-corrected chi connectivity index (χ4v) is 2.37. The molecule has 26 heavy (non-hydrogen) atoms. The number of rotatable bonds is 5. The first-order valence-electron chi connectivity index (χ1n) is 8.35. The number of anilines is 2. The molecule has 6 nitrogen and oxygen atoms in total. The number of amides is 1. The van der Waals surface area contributed by atoms with Crippen LogP contribution in [-0.2, 0) is 9.53 Å². The second-order valence-corrected chi connectivity index (χ2v) is 6.93. The number of hydrogen-bond acceptors (Lipinski definition) is 4. The summed E-state index contributed by atoms with van der Waals surface area (Å²) < 4.78 is 5.35. The zero-order valence-corrected chi connectivity index (χ0v) is 15.4. The summed E-state index contributed by atoms with van der Waals surface area (Å²) in [5, 5.41) is 14.9. The van der Waals surface area contributed by atoms with Crippen molar-refractivity contribution in [2.75, 3.05) is 10.6 Å². The summed E-state index contributed by atoms with van der Waals surface area (Å²) in [4.78, 5) is 23.5. The van der Waals surface area contributed by atoms with Gasteiger partial charge in [0.2, 0.25) is 0 Å². The minimum Gasteiger partial charge on any atom is -0.480 e. The number of nitrogens with one attached hydrogen (secondary N) is 2. The second kappa shape index (κ2) is 7.91. The quantitative estimate of drug-likeness (QED) is 0.729. The first-order valence-corrected chi connectivity index (χ1v) is 8.35. The monoisotopic (exact) mass is 356 g/mol. The number of carbonyl (C=O) groups is 2. The predicted molar refractivity (Wildman–Crippen MR) is 102 cm³/mol. The summed E-state index contributed by atoms with van der Waals surface area (Å²) in [6, 6.07) is 14.1. The standard InChI is InChI=1S/C20H24N2O4/c1-13(18(23)24)21-16-12-8-11-15(14-9-6-5-7-10-14)17(16)22-19(25)26-20(2,3)4/h5-13,21H,1-4H3,(H,22,25)(H,23,24)/t13-/m1/s1. The first-order chi connectivity index (χ1) is 12.2. The molecule has 0 saturated heterocycles. The van der Waals surface area contributed by atoms with Crippen LogP contribution in [-0.4, -0.2) is 28.8 Å². The molecule has 1 amide bonds. The average Bonchev–Trinajstić information content (AvgIpc) is 2.55. The van der Waals surface area contributed by atoms with Crippen LogP contribution >= 0.6 is 0 Å². The SMILES string of the molecule is C[C@@H](Nc1cccc(-c2ccccc2)c1NC(=O)OC(C)(C)C)C(=O)O. The molecular formula is C20H24N2O4. The lowest BCUT2D eigenvalue weighted by Gasteiger charge is -2.23. The van der Waals surface area contributed by atoms with E-state index < -0.39 is 23.7 Å². The highest BCUT2D eigenvalue weighted by Crippen LogP contribution is 2.35. The van der Waals surface area contributed by atoms with Crippen LogP contribution in [0.2, 0.25) is 0 Å². The summed E-state index contributed by atoms with van der Waals surface area (Å²) in [6.07, 6.45) is -0.605. The summed E-state index contributed by atoms with van der Waals surface area (Å²) in [5.41, 5.74) is 1.99. The van der Waals surface area contributed by atoms with Gasteiger partial charge in [-0.1, -0.05) is 42.5 Å². The number of para-hydroxylation sites is 1. The predicted octanol–water partition coefficient (Wildman–Crippen LogP) is 4.59. The molecule has 3 N–H and O–H groups in total. The summed E-state index contributed by atoms with van der Waals surface area (Å²) >= 11 is 0. The smallest absolute Gasteiger partial charge is 0.412 e. The van der Waals surface area contributed by atoms with Crippen molar-refractivity contribution in [3.63, 3.8) is 0 Å². The van der Waals surface area contributed by atoms with Crippen LogP contribution < -0.4 is 10.6 Å². The molecule has 1 atom stereocenters. The van der Waals surface area contributed by atoms with E-state index in [-0.39, 0.29) is 0 Å². The molecule has 0 fully saturated rings. The molecule has 0 unspecified atom stereocenters. The Bertz CT molecular complexity index is 782. The highest BCUT2D eigenvalue weighted by Gasteiger charge is 2.21. The van der Waals surface area contributed by atoms with Gasteiger partial charge in [-0.2, -0.15) is 0 Å². The van der Waals surface area contributed by atoms with Crippen molar-refractivity contribution in [3.8, 4) is 11.1 Å². The Morgan fingerprint density at radius 2 is 1.69 bits per heavy atom. The van der Waals surface area contributed by atoms with Crippen molar-refractivity contribution in [1.29, 1.82) is 0 Å². The molecule has 2 rings (SSSR count). The van der Waals surface area contributed by atoms with E-state index in [1.807, 2.05) is 36.4 Å². The molecule has 138 valence electrons. The molecular weight excluding hydrogens is 332 g/mol. The van der Waals surface area contributed by atoms with Crippen LogP contribution in [0.3, 0.4) is 0 Å². The molecule has 0 heterocycles. The first kappa shape index (κ1) is 19.3. The Morgan fingerprint density at radius 1 is 1.04 bits per heavy atom. The molecule has 0 spiro atoms. The van der Waals surface area contributed by atoms with Crippen LogP contribution in [0.15, 0.2) is 48.5 Å². The van der Waals surface area contributed by atoms with E-state index in [1.165, 1.54) is 6.92 Å². The van der Waals surface area contributed by atoms with E-state index in [4.69, 9.17) is 4.74 Å². The zero-order chi connectivity index (χ0) is 19.3. The minimum atomic E-state index is -0.988. The maximum absolute atomic E-state index is 12.3. The van der Waals surface area contributed by atoms with E-state index in [1.54, 1.807) is 32.9 Å². The molecule has 0 aliphatic carbocycles. The molecule has 0 aromatic heterocycles. The van der Waals surface area contributed by atoms with Crippen LogP contribution in [0.5, 0.6) is 0 Å². The molecule has 0 radical (unpaired) electrons. The lowest BCUT2D eigenvalue weighted by molar-refractivity contribution is -0.137. The normalized spacial score (nSPS) is 12.2. The van der Waals surface area contributed by atoms with E-state index in [0.717, 1.165) is 11.1 Å². The van der Waals surface area contributed by atoms with Crippen molar-refractivity contribution < 1.29 is 19.4 Å². The average molecular weight is 356 g/mol. The maximum Gasteiger partial charge on any atom is 0.412 e. The third kappa shape index (κ3) is 5.24. The van der Waals surface area contributed by atoms with E-state index >= 15 is 0 Å². The Kier molecular flexibility index (Phi) is 5.87. The van der Waals surface area contributed by atoms with Crippen molar-refractivity contribution in [1.82, 2.24) is 0 Å². The summed E-state index contributed by atoms with van der Waals surface area (Å²) in [6.45, 7) is 6.87. The second-order valence-electron chi connectivity index (χ2n) is 6.93. The van der Waals surface area contributed by atoms with Crippen molar-refractivity contribution in [2.24, 2.45) is 0 Å². The summed E-state index contributed by atoms with van der Waals surface area (Å²) in [7, 11) is 0. The van der Waals surface area contributed by atoms with Gasteiger partial charge >= 0.3 is 12.1 Å². The van der Waals surface area contributed by atoms with Crippen molar-refractivity contribution >= 4 is 23.4 Å². The van der Waals surface area contributed by atoms with Gasteiger partial charge in [-0.15, -0.1) is 0 Å². The summed E-state index contributed by atoms with van der Waals surface area (Å²) in [5.74, 6) is -0.988. The van der Waals surface area contributed by atoms with Crippen molar-refractivity contribution in [2.45, 2.75) is 39.3 Å². The van der Waals surface area contributed by atoms with Crippen LogP contribution in [0.1, 0.15) is 27.7 Å². The highest BCUT2D eigenvalue weighted by atomic mass is 16.6. The fraction of sp³-hybridized carbons (Fsp3) is 0.300. The number of carbonyl (C=O) groups excluding carboxylic acids is 1. The number of benzene rings is 2. The largest absolute Gasteiger partial charge is 0.480 e. The lowest BCUT2D eigenvalue weighted by atomic mass is 10.0. The zero-order valence-electron chi connectivity index (χ0n) is 15.4.